The number of aromatic nitrogens is 2. The van der Waals surface area contributed by atoms with Gasteiger partial charge in [0.2, 0.25) is 0 Å². The Morgan fingerprint density at radius 1 is 0.720 bits per heavy atom. The molecule has 0 bridgehead atoms. The SMILES string of the molecule is c1ccc(C(=NNc2nncc3ccccc23)c2ccccc2)cc1. The Labute approximate surface area is 145 Å². The number of fused-ring (bicyclic) bond motifs is 1. The summed E-state index contributed by atoms with van der Waals surface area (Å²) < 4.78 is 0. The van der Waals surface area contributed by atoms with Gasteiger partial charge in [0.05, 0.1) is 11.9 Å². The van der Waals surface area contributed by atoms with Gasteiger partial charge in [-0.15, -0.1) is 5.10 Å². The standard InChI is InChI=1S/C21H16N4/c1-3-9-16(10-4-1)20(17-11-5-2-6-12-17)23-25-21-19-14-8-7-13-18(19)15-22-24-21/h1-15H,(H,24,25). The fourth-order valence-corrected chi connectivity index (χ4v) is 2.71. The summed E-state index contributed by atoms with van der Waals surface area (Å²) in [5.74, 6) is 0.641. The molecule has 4 heteroatoms. The average Bonchev–Trinajstić information content (AvgIpc) is 2.70. The second-order valence-electron chi connectivity index (χ2n) is 5.58. The van der Waals surface area contributed by atoms with Crippen molar-refractivity contribution < 1.29 is 0 Å². The lowest BCUT2D eigenvalue weighted by Gasteiger charge is -2.09. The van der Waals surface area contributed by atoms with Gasteiger partial charge < -0.3 is 0 Å². The normalized spacial score (nSPS) is 10.4. The highest BCUT2D eigenvalue weighted by molar-refractivity contribution is 6.13. The molecule has 4 nitrogen and oxygen atoms in total. The molecule has 0 radical (unpaired) electrons. The minimum Gasteiger partial charge on any atom is -0.259 e. The first-order chi connectivity index (χ1) is 12.4. The highest BCUT2D eigenvalue weighted by Crippen LogP contribution is 2.20. The molecule has 4 aromatic rings. The molecule has 0 saturated carbocycles. The maximum atomic E-state index is 4.65. The van der Waals surface area contributed by atoms with E-state index in [0.29, 0.717) is 5.82 Å². The molecule has 0 aliphatic heterocycles. The molecule has 0 fully saturated rings. The Morgan fingerprint density at radius 2 is 1.32 bits per heavy atom. The number of rotatable bonds is 4. The van der Waals surface area contributed by atoms with Gasteiger partial charge in [-0.25, -0.2) is 0 Å². The van der Waals surface area contributed by atoms with Crippen LogP contribution in [-0.2, 0) is 0 Å². The molecule has 25 heavy (non-hydrogen) atoms. The maximum absolute atomic E-state index is 4.65. The quantitative estimate of drug-likeness (QED) is 0.444. The topological polar surface area (TPSA) is 50.2 Å². The highest BCUT2D eigenvalue weighted by Gasteiger charge is 2.08. The van der Waals surface area contributed by atoms with E-state index in [1.54, 1.807) is 6.20 Å². The van der Waals surface area contributed by atoms with Crippen molar-refractivity contribution in [2.24, 2.45) is 5.10 Å². The number of nitrogens with one attached hydrogen (secondary N) is 1. The molecule has 3 aromatic carbocycles. The molecule has 0 saturated heterocycles. The molecule has 120 valence electrons. The number of hydrazone groups is 1. The summed E-state index contributed by atoms with van der Waals surface area (Å²) in [7, 11) is 0. The van der Waals surface area contributed by atoms with Gasteiger partial charge in [-0.05, 0) is 0 Å². The van der Waals surface area contributed by atoms with Crippen molar-refractivity contribution in [1.82, 2.24) is 10.2 Å². The van der Waals surface area contributed by atoms with Gasteiger partial charge in [0.25, 0.3) is 0 Å². The molecule has 1 N–H and O–H groups in total. The van der Waals surface area contributed by atoms with Gasteiger partial charge >= 0.3 is 0 Å². The van der Waals surface area contributed by atoms with Crippen LogP contribution in [-0.4, -0.2) is 15.9 Å². The number of benzene rings is 3. The van der Waals surface area contributed by atoms with Crippen LogP contribution >= 0.6 is 0 Å². The summed E-state index contributed by atoms with van der Waals surface area (Å²) in [6, 6.07) is 28.2. The van der Waals surface area contributed by atoms with Crippen molar-refractivity contribution in [3.8, 4) is 0 Å². The van der Waals surface area contributed by atoms with Gasteiger partial charge in [0.1, 0.15) is 0 Å². The molecular weight excluding hydrogens is 308 g/mol. The van der Waals surface area contributed by atoms with Crippen LogP contribution in [0.5, 0.6) is 0 Å². The Morgan fingerprint density at radius 3 is 2.00 bits per heavy atom. The predicted molar refractivity (Wildman–Crippen MR) is 102 cm³/mol. The van der Waals surface area contributed by atoms with Crippen LogP contribution in [0.4, 0.5) is 5.82 Å². The van der Waals surface area contributed by atoms with Gasteiger partial charge in [-0.1, -0.05) is 84.9 Å². The van der Waals surface area contributed by atoms with E-state index in [-0.39, 0.29) is 0 Å². The second-order valence-corrected chi connectivity index (χ2v) is 5.58. The first kappa shape index (κ1) is 15.0. The van der Waals surface area contributed by atoms with Gasteiger partial charge in [0.15, 0.2) is 5.82 Å². The number of hydrogen-bond donors (Lipinski definition) is 1. The van der Waals surface area contributed by atoms with E-state index in [4.69, 9.17) is 0 Å². The zero-order valence-corrected chi connectivity index (χ0v) is 13.5. The number of anilines is 1. The maximum Gasteiger partial charge on any atom is 0.176 e. The first-order valence-electron chi connectivity index (χ1n) is 8.07. The monoisotopic (exact) mass is 324 g/mol. The lowest BCUT2D eigenvalue weighted by molar-refractivity contribution is 1.04. The first-order valence-corrected chi connectivity index (χ1v) is 8.07. The summed E-state index contributed by atoms with van der Waals surface area (Å²) >= 11 is 0. The largest absolute Gasteiger partial charge is 0.259 e. The third-order valence-corrected chi connectivity index (χ3v) is 3.94. The summed E-state index contributed by atoms with van der Waals surface area (Å²) in [5.41, 5.74) is 6.03. The number of nitrogens with zero attached hydrogens (tertiary/aromatic N) is 3. The molecule has 0 atom stereocenters. The van der Waals surface area contributed by atoms with Crippen molar-refractivity contribution in [2.45, 2.75) is 0 Å². The van der Waals surface area contributed by atoms with Gasteiger partial charge in [0, 0.05) is 21.9 Å². The van der Waals surface area contributed by atoms with Crippen molar-refractivity contribution >= 4 is 22.3 Å². The Hall–Kier alpha value is -3.53. The van der Waals surface area contributed by atoms with Gasteiger partial charge in [-0.3, -0.25) is 5.43 Å². The molecule has 0 aliphatic carbocycles. The van der Waals surface area contributed by atoms with E-state index in [9.17, 15) is 0 Å². The third-order valence-electron chi connectivity index (χ3n) is 3.94. The van der Waals surface area contributed by atoms with Crippen molar-refractivity contribution in [3.05, 3.63) is 102 Å². The minimum absolute atomic E-state index is 0.641. The van der Waals surface area contributed by atoms with E-state index >= 15 is 0 Å². The molecule has 0 unspecified atom stereocenters. The Bertz CT molecular complexity index is 965. The molecule has 0 aliphatic rings. The van der Waals surface area contributed by atoms with Crippen LogP contribution in [0.25, 0.3) is 10.8 Å². The Balaban J connectivity index is 1.77. The van der Waals surface area contributed by atoms with Crippen molar-refractivity contribution in [2.75, 3.05) is 5.43 Å². The zero-order chi connectivity index (χ0) is 16.9. The van der Waals surface area contributed by atoms with Crippen LogP contribution in [0.15, 0.2) is 96.2 Å². The smallest absolute Gasteiger partial charge is 0.176 e. The predicted octanol–water partition coefficient (Wildman–Crippen LogP) is 4.49. The summed E-state index contributed by atoms with van der Waals surface area (Å²) in [4.78, 5) is 0. The van der Waals surface area contributed by atoms with Crippen molar-refractivity contribution in [3.63, 3.8) is 0 Å². The molecule has 0 spiro atoms. The highest BCUT2D eigenvalue weighted by atomic mass is 15.3. The van der Waals surface area contributed by atoms with E-state index in [1.807, 2.05) is 84.9 Å². The van der Waals surface area contributed by atoms with E-state index in [0.717, 1.165) is 27.6 Å². The fourth-order valence-electron chi connectivity index (χ4n) is 2.71. The zero-order valence-electron chi connectivity index (χ0n) is 13.5. The van der Waals surface area contributed by atoms with Gasteiger partial charge in [-0.2, -0.15) is 10.2 Å². The van der Waals surface area contributed by atoms with E-state index < -0.39 is 0 Å². The van der Waals surface area contributed by atoms with Crippen LogP contribution in [0.2, 0.25) is 0 Å². The van der Waals surface area contributed by atoms with Crippen LogP contribution in [0.1, 0.15) is 11.1 Å². The fraction of sp³-hybridized carbons (Fsp3) is 0. The lowest BCUT2D eigenvalue weighted by atomic mass is 10.0. The van der Waals surface area contributed by atoms with E-state index in [1.165, 1.54) is 0 Å². The Kier molecular flexibility index (Phi) is 4.16. The summed E-state index contributed by atoms with van der Waals surface area (Å²) in [6.45, 7) is 0. The molecule has 1 aromatic heterocycles. The van der Waals surface area contributed by atoms with Crippen LogP contribution in [0.3, 0.4) is 0 Å². The number of hydrogen-bond acceptors (Lipinski definition) is 4. The average molecular weight is 324 g/mol. The van der Waals surface area contributed by atoms with Crippen LogP contribution in [0, 0.1) is 0 Å². The lowest BCUT2D eigenvalue weighted by Crippen LogP contribution is -2.07. The van der Waals surface area contributed by atoms with E-state index in [2.05, 4.69) is 20.7 Å². The third kappa shape index (κ3) is 3.23. The summed E-state index contributed by atoms with van der Waals surface area (Å²) in [5, 5.41) is 14.9. The molecule has 0 amide bonds. The minimum atomic E-state index is 0.641. The molecule has 4 rings (SSSR count). The van der Waals surface area contributed by atoms with Crippen LogP contribution < -0.4 is 5.43 Å². The van der Waals surface area contributed by atoms with Crippen molar-refractivity contribution in [1.29, 1.82) is 0 Å². The molecule has 1 heterocycles. The summed E-state index contributed by atoms with van der Waals surface area (Å²) in [6.07, 6.45) is 1.75. The second kappa shape index (κ2) is 6.93. The molecular formula is C21H16N4.